The third kappa shape index (κ3) is 4.82. The van der Waals surface area contributed by atoms with Crippen molar-refractivity contribution in [1.82, 2.24) is 24.2 Å². The lowest BCUT2D eigenvalue weighted by Gasteiger charge is -2.33. The SMILES string of the molecule is Cn1c(=O)c2ccc(-c3cnc(N4CCN(C(N)=O)CC4)nc3)cc2n1Cc1ccccc1OC(F)F. The van der Waals surface area contributed by atoms with E-state index in [0.29, 0.717) is 48.6 Å². The number of urea groups is 1. The van der Waals surface area contributed by atoms with E-state index >= 15 is 0 Å². The van der Waals surface area contributed by atoms with Gasteiger partial charge in [-0.2, -0.15) is 8.78 Å². The Kier molecular flexibility index (Phi) is 6.47. The summed E-state index contributed by atoms with van der Waals surface area (Å²) < 4.78 is 33.6. The monoisotopic (exact) mass is 509 g/mol. The lowest BCUT2D eigenvalue weighted by Crippen LogP contribution is -2.50. The first-order valence-electron chi connectivity index (χ1n) is 11.7. The second-order valence-corrected chi connectivity index (χ2v) is 8.69. The van der Waals surface area contributed by atoms with Crippen LogP contribution in [0.5, 0.6) is 5.75 Å². The fourth-order valence-corrected chi connectivity index (χ4v) is 4.51. The average Bonchev–Trinajstić information content (AvgIpc) is 3.14. The number of primary amides is 1. The van der Waals surface area contributed by atoms with Crippen LogP contribution in [0.1, 0.15) is 5.56 Å². The number of halogens is 2. The molecule has 0 atom stereocenters. The van der Waals surface area contributed by atoms with Crippen LogP contribution in [0.3, 0.4) is 0 Å². The highest BCUT2D eigenvalue weighted by Crippen LogP contribution is 2.26. The molecule has 5 rings (SSSR count). The van der Waals surface area contributed by atoms with Crippen molar-refractivity contribution >= 4 is 22.9 Å². The standard InChI is InChI=1S/C25H25F2N7O3/c1-31-22(35)19-7-6-16(12-20(19)34(31)15-17-4-2-3-5-21(17)37-23(26)27)18-13-29-25(30-14-18)33-10-8-32(9-11-33)24(28)36/h2-7,12-14,23H,8-11,15H2,1H3,(H2,28,36). The lowest BCUT2D eigenvalue weighted by molar-refractivity contribution is -0.0505. The van der Waals surface area contributed by atoms with Gasteiger partial charge in [0.2, 0.25) is 5.95 Å². The summed E-state index contributed by atoms with van der Waals surface area (Å²) >= 11 is 0. The van der Waals surface area contributed by atoms with Crippen LogP contribution in [0.4, 0.5) is 19.5 Å². The summed E-state index contributed by atoms with van der Waals surface area (Å²) in [5.74, 6) is 0.616. The molecule has 3 heterocycles. The van der Waals surface area contributed by atoms with E-state index in [1.54, 1.807) is 53.3 Å². The minimum atomic E-state index is -2.95. The molecule has 0 spiro atoms. The highest BCUT2D eigenvalue weighted by molar-refractivity contribution is 5.84. The Labute approximate surface area is 210 Å². The Morgan fingerprint density at radius 1 is 1.05 bits per heavy atom. The van der Waals surface area contributed by atoms with Crippen LogP contribution >= 0.6 is 0 Å². The van der Waals surface area contributed by atoms with Gasteiger partial charge in [0, 0.05) is 56.7 Å². The Balaban J connectivity index is 1.43. The second-order valence-electron chi connectivity index (χ2n) is 8.69. The first kappa shape index (κ1) is 24.2. The summed E-state index contributed by atoms with van der Waals surface area (Å²) in [4.78, 5) is 36.8. The van der Waals surface area contributed by atoms with Gasteiger partial charge in [0.1, 0.15) is 5.75 Å². The van der Waals surface area contributed by atoms with Crippen LogP contribution in [0, 0.1) is 0 Å². The summed E-state index contributed by atoms with van der Waals surface area (Å²) in [6.07, 6.45) is 3.42. The second kappa shape index (κ2) is 9.88. The number of amides is 2. The topological polar surface area (TPSA) is 112 Å². The van der Waals surface area contributed by atoms with Gasteiger partial charge in [-0.25, -0.2) is 14.8 Å². The number of hydrogen-bond acceptors (Lipinski definition) is 6. The molecule has 0 unspecified atom stereocenters. The van der Waals surface area contributed by atoms with E-state index in [0.717, 1.165) is 11.1 Å². The maximum absolute atomic E-state index is 12.9. The van der Waals surface area contributed by atoms with E-state index in [9.17, 15) is 18.4 Å². The Morgan fingerprint density at radius 2 is 1.76 bits per heavy atom. The number of aromatic nitrogens is 4. The van der Waals surface area contributed by atoms with Gasteiger partial charge in [-0.3, -0.25) is 14.2 Å². The Hall–Kier alpha value is -4.48. The van der Waals surface area contributed by atoms with Crippen molar-refractivity contribution in [2.24, 2.45) is 12.8 Å². The van der Waals surface area contributed by atoms with Crippen molar-refractivity contribution in [3.8, 4) is 16.9 Å². The Bertz CT molecular complexity index is 1490. The van der Waals surface area contributed by atoms with Crippen LogP contribution < -0.4 is 20.9 Å². The third-order valence-corrected chi connectivity index (χ3v) is 6.52. The minimum absolute atomic E-state index is 0.0589. The van der Waals surface area contributed by atoms with Crippen molar-refractivity contribution in [1.29, 1.82) is 0 Å². The molecule has 37 heavy (non-hydrogen) atoms. The zero-order valence-corrected chi connectivity index (χ0v) is 20.1. The quantitative estimate of drug-likeness (QED) is 0.428. The van der Waals surface area contributed by atoms with Crippen molar-refractivity contribution in [3.63, 3.8) is 0 Å². The summed E-state index contributed by atoms with van der Waals surface area (Å²) in [7, 11) is 1.63. The fraction of sp³-hybridized carbons (Fsp3) is 0.280. The lowest BCUT2D eigenvalue weighted by atomic mass is 10.1. The maximum atomic E-state index is 12.9. The Morgan fingerprint density at radius 3 is 2.43 bits per heavy atom. The number of carbonyl (C=O) groups is 1. The minimum Gasteiger partial charge on any atom is -0.434 e. The highest BCUT2D eigenvalue weighted by atomic mass is 19.3. The number of alkyl halides is 2. The molecule has 0 aliphatic carbocycles. The van der Waals surface area contributed by atoms with E-state index in [4.69, 9.17) is 5.73 Å². The fourth-order valence-electron chi connectivity index (χ4n) is 4.51. The molecule has 1 aliphatic rings. The van der Waals surface area contributed by atoms with Gasteiger partial charge in [0.05, 0.1) is 17.4 Å². The van der Waals surface area contributed by atoms with Crippen molar-refractivity contribution < 1.29 is 18.3 Å². The number of benzene rings is 2. The molecule has 12 heteroatoms. The van der Waals surface area contributed by atoms with E-state index < -0.39 is 12.6 Å². The zero-order valence-electron chi connectivity index (χ0n) is 20.1. The number of piperazine rings is 1. The molecule has 1 fully saturated rings. The smallest absolute Gasteiger partial charge is 0.387 e. The molecular formula is C25H25F2N7O3. The van der Waals surface area contributed by atoms with Gasteiger partial charge < -0.3 is 20.3 Å². The van der Waals surface area contributed by atoms with E-state index in [1.165, 1.54) is 10.7 Å². The number of carbonyl (C=O) groups excluding carboxylic acids is 1. The van der Waals surface area contributed by atoms with E-state index in [-0.39, 0.29) is 17.9 Å². The van der Waals surface area contributed by atoms with Crippen LogP contribution in [-0.2, 0) is 13.6 Å². The first-order valence-corrected chi connectivity index (χ1v) is 11.7. The number of nitrogens with two attached hydrogens (primary N) is 1. The maximum Gasteiger partial charge on any atom is 0.387 e. The molecule has 0 saturated carbocycles. The summed E-state index contributed by atoms with van der Waals surface area (Å²) in [6.45, 7) is -0.605. The number of fused-ring (bicyclic) bond motifs is 1. The predicted octanol–water partition coefficient (Wildman–Crippen LogP) is 2.65. The number of anilines is 1. The van der Waals surface area contributed by atoms with Gasteiger partial charge in [-0.05, 0) is 23.8 Å². The number of rotatable bonds is 6. The van der Waals surface area contributed by atoms with Crippen molar-refractivity contribution in [2.75, 3.05) is 31.1 Å². The molecule has 2 aromatic carbocycles. The molecule has 1 saturated heterocycles. The van der Waals surface area contributed by atoms with E-state index in [2.05, 4.69) is 14.7 Å². The summed E-state index contributed by atoms with van der Waals surface area (Å²) in [5.41, 5.74) is 7.86. The number of para-hydroxylation sites is 1. The number of hydrogen-bond donors (Lipinski definition) is 1. The third-order valence-electron chi connectivity index (χ3n) is 6.52. The molecule has 2 N–H and O–H groups in total. The van der Waals surface area contributed by atoms with Crippen LogP contribution in [-0.4, -0.2) is 63.1 Å². The highest BCUT2D eigenvalue weighted by Gasteiger charge is 2.21. The molecule has 192 valence electrons. The predicted molar refractivity (Wildman–Crippen MR) is 134 cm³/mol. The van der Waals surface area contributed by atoms with Gasteiger partial charge in [-0.15, -0.1) is 0 Å². The summed E-state index contributed by atoms with van der Waals surface area (Å²) in [6, 6.07) is 11.5. The van der Waals surface area contributed by atoms with Gasteiger partial charge in [0.25, 0.3) is 5.56 Å². The van der Waals surface area contributed by atoms with Gasteiger partial charge in [0.15, 0.2) is 0 Å². The first-order chi connectivity index (χ1) is 17.8. The summed E-state index contributed by atoms with van der Waals surface area (Å²) in [5, 5.41) is 0.503. The normalized spacial score (nSPS) is 13.9. The molecule has 2 aromatic heterocycles. The van der Waals surface area contributed by atoms with Gasteiger partial charge >= 0.3 is 12.6 Å². The van der Waals surface area contributed by atoms with Crippen molar-refractivity contribution in [2.45, 2.75) is 13.2 Å². The molecule has 2 amide bonds. The van der Waals surface area contributed by atoms with Crippen molar-refractivity contribution in [3.05, 3.63) is 70.8 Å². The van der Waals surface area contributed by atoms with Crippen LogP contribution in [0.25, 0.3) is 22.0 Å². The zero-order chi connectivity index (χ0) is 26.1. The molecular weight excluding hydrogens is 484 g/mol. The number of nitrogens with zero attached hydrogens (tertiary/aromatic N) is 6. The molecule has 4 aromatic rings. The van der Waals surface area contributed by atoms with Crippen LogP contribution in [0.15, 0.2) is 59.7 Å². The molecule has 10 nitrogen and oxygen atoms in total. The van der Waals surface area contributed by atoms with Gasteiger partial charge in [-0.1, -0.05) is 24.3 Å². The average molecular weight is 510 g/mol. The van der Waals surface area contributed by atoms with Crippen LogP contribution in [0.2, 0.25) is 0 Å². The molecule has 0 radical (unpaired) electrons. The molecule has 0 bridgehead atoms. The molecule has 1 aliphatic heterocycles. The van der Waals surface area contributed by atoms with E-state index in [1.807, 2.05) is 17.0 Å². The largest absolute Gasteiger partial charge is 0.434 e. The number of ether oxygens (including phenoxy) is 1.